The monoisotopic (exact) mass is 254 g/mol. The molecule has 1 saturated carbocycles. The van der Waals surface area contributed by atoms with Gasteiger partial charge in [-0.05, 0) is 44.2 Å². The minimum atomic E-state index is 0.764. The quantitative estimate of drug-likeness (QED) is 0.633. The number of hydrogen-bond acceptors (Lipinski definition) is 2. The first-order valence-electron chi connectivity index (χ1n) is 8.04. The van der Waals surface area contributed by atoms with E-state index in [2.05, 4.69) is 37.9 Å². The van der Waals surface area contributed by atoms with Crippen molar-refractivity contribution < 1.29 is 0 Å². The molecule has 1 aliphatic carbocycles. The summed E-state index contributed by atoms with van der Waals surface area (Å²) in [5.41, 5.74) is 0. The minimum Gasteiger partial charge on any atom is -0.315 e. The molecule has 1 aliphatic rings. The Morgan fingerprint density at radius 1 is 1.00 bits per heavy atom. The fourth-order valence-electron chi connectivity index (χ4n) is 2.78. The maximum absolute atomic E-state index is 3.58. The molecule has 2 nitrogen and oxygen atoms in total. The molecular formula is C16H34N2. The van der Waals surface area contributed by atoms with Crippen LogP contribution in [0.1, 0.15) is 59.8 Å². The van der Waals surface area contributed by atoms with Crippen molar-refractivity contribution in [3.8, 4) is 0 Å². The van der Waals surface area contributed by atoms with Crippen molar-refractivity contribution in [2.45, 2.75) is 65.8 Å². The average molecular weight is 254 g/mol. The van der Waals surface area contributed by atoms with E-state index in [9.17, 15) is 0 Å². The third-order valence-electron chi connectivity index (χ3n) is 3.96. The van der Waals surface area contributed by atoms with Gasteiger partial charge in [0, 0.05) is 19.1 Å². The molecule has 0 bridgehead atoms. The fraction of sp³-hybridized carbons (Fsp3) is 1.00. The SMILES string of the molecule is CC(C)CCN(CCNCC(C)C)C1CCCC1. The highest BCUT2D eigenvalue weighted by Gasteiger charge is 2.21. The van der Waals surface area contributed by atoms with Gasteiger partial charge in [-0.2, -0.15) is 0 Å². The molecule has 0 radical (unpaired) electrons. The third kappa shape index (κ3) is 6.75. The van der Waals surface area contributed by atoms with Crippen molar-refractivity contribution in [1.29, 1.82) is 0 Å². The van der Waals surface area contributed by atoms with Crippen LogP contribution in [-0.4, -0.2) is 37.1 Å². The lowest BCUT2D eigenvalue weighted by atomic mass is 10.1. The molecule has 1 rings (SSSR count). The summed E-state index contributed by atoms with van der Waals surface area (Å²) in [4.78, 5) is 2.75. The van der Waals surface area contributed by atoms with Crippen LogP contribution in [0.4, 0.5) is 0 Å². The summed E-state index contributed by atoms with van der Waals surface area (Å²) >= 11 is 0. The molecule has 0 heterocycles. The van der Waals surface area contributed by atoms with Gasteiger partial charge in [0.1, 0.15) is 0 Å². The van der Waals surface area contributed by atoms with Crippen LogP contribution < -0.4 is 5.32 Å². The standard InChI is InChI=1S/C16H34N2/c1-14(2)9-11-18(16-7-5-6-8-16)12-10-17-13-15(3)4/h14-17H,5-13H2,1-4H3. The molecule has 0 amide bonds. The zero-order valence-electron chi connectivity index (χ0n) is 13.0. The predicted octanol–water partition coefficient (Wildman–Crippen LogP) is 3.52. The van der Waals surface area contributed by atoms with Crippen LogP contribution in [-0.2, 0) is 0 Å². The van der Waals surface area contributed by atoms with Gasteiger partial charge in [0.2, 0.25) is 0 Å². The maximum atomic E-state index is 3.58. The van der Waals surface area contributed by atoms with Crippen LogP contribution in [0.15, 0.2) is 0 Å². The van der Waals surface area contributed by atoms with Gasteiger partial charge in [0.15, 0.2) is 0 Å². The van der Waals surface area contributed by atoms with Crippen molar-refractivity contribution in [1.82, 2.24) is 10.2 Å². The molecule has 0 aliphatic heterocycles. The van der Waals surface area contributed by atoms with Gasteiger partial charge in [0.25, 0.3) is 0 Å². The van der Waals surface area contributed by atoms with E-state index in [-0.39, 0.29) is 0 Å². The molecule has 0 saturated heterocycles. The highest BCUT2D eigenvalue weighted by atomic mass is 15.2. The van der Waals surface area contributed by atoms with Gasteiger partial charge in [-0.3, -0.25) is 4.90 Å². The van der Waals surface area contributed by atoms with Crippen LogP contribution >= 0.6 is 0 Å². The average Bonchev–Trinajstić information content (AvgIpc) is 2.80. The van der Waals surface area contributed by atoms with Crippen molar-refractivity contribution in [3.63, 3.8) is 0 Å². The van der Waals surface area contributed by atoms with Gasteiger partial charge < -0.3 is 5.32 Å². The lowest BCUT2D eigenvalue weighted by Crippen LogP contribution is -2.40. The molecule has 108 valence electrons. The molecule has 0 aromatic carbocycles. The van der Waals surface area contributed by atoms with E-state index in [0.717, 1.165) is 31.0 Å². The summed E-state index contributed by atoms with van der Waals surface area (Å²) in [5.74, 6) is 1.60. The maximum Gasteiger partial charge on any atom is 0.0110 e. The highest BCUT2D eigenvalue weighted by molar-refractivity contribution is 4.78. The van der Waals surface area contributed by atoms with Crippen LogP contribution in [0, 0.1) is 11.8 Å². The van der Waals surface area contributed by atoms with E-state index in [0.29, 0.717) is 0 Å². The second-order valence-corrected chi connectivity index (χ2v) is 6.75. The van der Waals surface area contributed by atoms with Crippen molar-refractivity contribution in [3.05, 3.63) is 0 Å². The molecule has 0 atom stereocenters. The molecule has 18 heavy (non-hydrogen) atoms. The second-order valence-electron chi connectivity index (χ2n) is 6.75. The Kier molecular flexibility index (Phi) is 7.92. The van der Waals surface area contributed by atoms with Gasteiger partial charge in [0.05, 0.1) is 0 Å². The Hall–Kier alpha value is -0.0800. The van der Waals surface area contributed by atoms with E-state index in [1.807, 2.05) is 0 Å². The Bertz CT molecular complexity index is 195. The van der Waals surface area contributed by atoms with E-state index in [4.69, 9.17) is 0 Å². The predicted molar refractivity (Wildman–Crippen MR) is 81.0 cm³/mol. The molecule has 0 unspecified atom stereocenters. The normalized spacial score (nSPS) is 17.5. The van der Waals surface area contributed by atoms with Crippen LogP contribution in [0.3, 0.4) is 0 Å². The molecule has 0 aromatic rings. The highest BCUT2D eigenvalue weighted by Crippen LogP contribution is 2.23. The minimum absolute atomic E-state index is 0.764. The van der Waals surface area contributed by atoms with Crippen LogP contribution in [0.25, 0.3) is 0 Å². The summed E-state index contributed by atoms with van der Waals surface area (Å²) in [5, 5.41) is 3.58. The molecule has 1 fully saturated rings. The Morgan fingerprint density at radius 3 is 2.22 bits per heavy atom. The van der Waals surface area contributed by atoms with Gasteiger partial charge in [-0.15, -0.1) is 0 Å². The molecule has 0 aromatic heterocycles. The lowest BCUT2D eigenvalue weighted by molar-refractivity contribution is 0.188. The Balaban J connectivity index is 2.25. The summed E-state index contributed by atoms with van der Waals surface area (Å²) in [7, 11) is 0. The van der Waals surface area contributed by atoms with E-state index >= 15 is 0 Å². The summed E-state index contributed by atoms with van der Waals surface area (Å²) < 4.78 is 0. The number of nitrogens with zero attached hydrogens (tertiary/aromatic N) is 1. The first-order valence-corrected chi connectivity index (χ1v) is 8.04. The zero-order valence-corrected chi connectivity index (χ0v) is 13.0. The smallest absolute Gasteiger partial charge is 0.0110 e. The third-order valence-corrected chi connectivity index (χ3v) is 3.96. The van der Waals surface area contributed by atoms with Crippen molar-refractivity contribution in [2.75, 3.05) is 26.2 Å². The molecule has 2 heteroatoms. The molecular weight excluding hydrogens is 220 g/mol. The van der Waals surface area contributed by atoms with E-state index in [1.54, 1.807) is 0 Å². The van der Waals surface area contributed by atoms with Crippen LogP contribution in [0.2, 0.25) is 0 Å². The van der Waals surface area contributed by atoms with Gasteiger partial charge >= 0.3 is 0 Å². The fourth-order valence-corrected chi connectivity index (χ4v) is 2.78. The Morgan fingerprint density at radius 2 is 1.67 bits per heavy atom. The lowest BCUT2D eigenvalue weighted by Gasteiger charge is -2.29. The van der Waals surface area contributed by atoms with E-state index < -0.39 is 0 Å². The largest absolute Gasteiger partial charge is 0.315 e. The van der Waals surface area contributed by atoms with Crippen molar-refractivity contribution >= 4 is 0 Å². The first-order chi connectivity index (χ1) is 8.59. The summed E-state index contributed by atoms with van der Waals surface area (Å²) in [6, 6.07) is 0.879. The Labute approximate surface area is 115 Å². The summed E-state index contributed by atoms with van der Waals surface area (Å²) in [6.07, 6.45) is 7.11. The number of rotatable bonds is 9. The van der Waals surface area contributed by atoms with E-state index in [1.165, 1.54) is 45.2 Å². The topological polar surface area (TPSA) is 15.3 Å². The first kappa shape index (κ1) is 16.0. The molecule has 0 spiro atoms. The zero-order chi connectivity index (χ0) is 13.4. The number of nitrogens with one attached hydrogen (secondary N) is 1. The number of hydrogen-bond donors (Lipinski definition) is 1. The summed E-state index contributed by atoms with van der Waals surface area (Å²) in [6.45, 7) is 14.1. The van der Waals surface area contributed by atoms with Crippen molar-refractivity contribution in [2.24, 2.45) is 11.8 Å². The molecule has 1 N–H and O–H groups in total. The van der Waals surface area contributed by atoms with Gasteiger partial charge in [-0.25, -0.2) is 0 Å². The van der Waals surface area contributed by atoms with Gasteiger partial charge in [-0.1, -0.05) is 40.5 Å². The second kappa shape index (κ2) is 8.92. The van der Waals surface area contributed by atoms with Crippen LogP contribution in [0.5, 0.6) is 0 Å².